The van der Waals surface area contributed by atoms with E-state index in [4.69, 9.17) is 0 Å². The molecule has 1 aromatic carbocycles. The summed E-state index contributed by atoms with van der Waals surface area (Å²) in [5.41, 5.74) is 1.92. The first-order chi connectivity index (χ1) is 11.7. The molecule has 6 nitrogen and oxygen atoms in total. The Balaban J connectivity index is 1.43. The van der Waals surface area contributed by atoms with Crippen molar-refractivity contribution in [2.24, 2.45) is 0 Å². The standard InChI is InChI=1S/C18H23N5O/c1-13-3-2-4-15(11-13)18(24)22-8-5-14(6-9-22)17-21-20-16-12-19-7-10-23(16)17/h2-4,11,14,19H,5-10,12H2,1H3. The van der Waals surface area contributed by atoms with Crippen LogP contribution in [0.2, 0.25) is 0 Å². The van der Waals surface area contributed by atoms with Crippen molar-refractivity contribution in [3.05, 3.63) is 47.0 Å². The lowest BCUT2D eigenvalue weighted by Crippen LogP contribution is -2.39. The molecule has 0 bridgehead atoms. The lowest BCUT2D eigenvalue weighted by atomic mass is 9.95. The number of fused-ring (bicyclic) bond motifs is 1. The summed E-state index contributed by atoms with van der Waals surface area (Å²) in [4.78, 5) is 14.6. The van der Waals surface area contributed by atoms with Crippen molar-refractivity contribution in [1.82, 2.24) is 25.0 Å². The van der Waals surface area contributed by atoms with E-state index in [1.54, 1.807) is 0 Å². The number of hydrogen-bond acceptors (Lipinski definition) is 4. The van der Waals surface area contributed by atoms with Gasteiger partial charge in [-0.1, -0.05) is 17.7 Å². The molecular weight excluding hydrogens is 302 g/mol. The highest BCUT2D eigenvalue weighted by Crippen LogP contribution is 2.28. The van der Waals surface area contributed by atoms with Gasteiger partial charge in [0, 0.05) is 37.7 Å². The zero-order chi connectivity index (χ0) is 16.5. The molecule has 1 aromatic heterocycles. The summed E-state index contributed by atoms with van der Waals surface area (Å²) in [5.74, 6) is 2.69. The molecule has 1 saturated heterocycles. The molecule has 24 heavy (non-hydrogen) atoms. The van der Waals surface area contributed by atoms with Gasteiger partial charge in [0.1, 0.15) is 11.6 Å². The molecule has 0 saturated carbocycles. The zero-order valence-corrected chi connectivity index (χ0v) is 14.0. The lowest BCUT2D eigenvalue weighted by Gasteiger charge is -2.32. The van der Waals surface area contributed by atoms with Crippen molar-refractivity contribution >= 4 is 5.91 Å². The fourth-order valence-electron chi connectivity index (χ4n) is 3.72. The van der Waals surface area contributed by atoms with Gasteiger partial charge in [0.2, 0.25) is 0 Å². The molecule has 0 spiro atoms. The number of nitrogens with one attached hydrogen (secondary N) is 1. The Labute approximate surface area is 141 Å². The topological polar surface area (TPSA) is 63.1 Å². The molecule has 2 aliphatic rings. The third kappa shape index (κ3) is 2.82. The van der Waals surface area contributed by atoms with Crippen molar-refractivity contribution in [3.63, 3.8) is 0 Å². The molecule has 4 rings (SSSR count). The van der Waals surface area contributed by atoms with E-state index < -0.39 is 0 Å². The quantitative estimate of drug-likeness (QED) is 0.913. The summed E-state index contributed by atoms with van der Waals surface area (Å²) in [6.07, 6.45) is 1.92. The van der Waals surface area contributed by atoms with Gasteiger partial charge in [-0.05, 0) is 31.9 Å². The van der Waals surface area contributed by atoms with E-state index in [2.05, 4.69) is 20.1 Å². The van der Waals surface area contributed by atoms with Crippen LogP contribution in [0, 0.1) is 6.92 Å². The molecule has 2 aromatic rings. The highest BCUT2D eigenvalue weighted by Gasteiger charge is 2.29. The van der Waals surface area contributed by atoms with Crippen LogP contribution in [-0.2, 0) is 13.1 Å². The molecule has 0 unspecified atom stereocenters. The Bertz CT molecular complexity index is 746. The number of aromatic nitrogens is 3. The van der Waals surface area contributed by atoms with Crippen molar-refractivity contribution in [2.45, 2.75) is 38.8 Å². The maximum Gasteiger partial charge on any atom is 0.253 e. The summed E-state index contributed by atoms with van der Waals surface area (Å²) < 4.78 is 2.26. The highest BCUT2D eigenvalue weighted by atomic mass is 16.2. The number of aryl methyl sites for hydroxylation is 1. The molecular formula is C18H23N5O. The van der Waals surface area contributed by atoms with Gasteiger partial charge in [-0.3, -0.25) is 4.79 Å². The number of nitrogens with zero attached hydrogens (tertiary/aromatic N) is 4. The summed E-state index contributed by atoms with van der Waals surface area (Å²) >= 11 is 0. The fourth-order valence-corrected chi connectivity index (χ4v) is 3.72. The predicted molar refractivity (Wildman–Crippen MR) is 90.8 cm³/mol. The molecule has 1 N–H and O–H groups in total. The number of amides is 1. The lowest BCUT2D eigenvalue weighted by molar-refractivity contribution is 0.0710. The van der Waals surface area contributed by atoms with Crippen molar-refractivity contribution in [2.75, 3.05) is 19.6 Å². The van der Waals surface area contributed by atoms with Gasteiger partial charge in [0.05, 0.1) is 6.54 Å². The summed E-state index contributed by atoms with van der Waals surface area (Å²) in [7, 11) is 0. The predicted octanol–water partition coefficient (Wildman–Crippen LogP) is 1.71. The van der Waals surface area contributed by atoms with Gasteiger partial charge in [0.25, 0.3) is 5.91 Å². The van der Waals surface area contributed by atoms with E-state index >= 15 is 0 Å². The maximum absolute atomic E-state index is 12.7. The first-order valence-electron chi connectivity index (χ1n) is 8.71. The second-order valence-corrected chi connectivity index (χ2v) is 6.74. The number of carbonyl (C=O) groups is 1. The minimum Gasteiger partial charge on any atom is -0.339 e. The third-order valence-corrected chi connectivity index (χ3v) is 5.06. The number of piperidine rings is 1. The molecule has 126 valence electrons. The van der Waals surface area contributed by atoms with Gasteiger partial charge in [-0.2, -0.15) is 0 Å². The largest absolute Gasteiger partial charge is 0.339 e. The monoisotopic (exact) mass is 325 g/mol. The van der Waals surface area contributed by atoms with Gasteiger partial charge in [-0.25, -0.2) is 0 Å². The smallest absolute Gasteiger partial charge is 0.253 e. The van der Waals surface area contributed by atoms with Crippen molar-refractivity contribution < 1.29 is 4.79 Å². The van der Waals surface area contributed by atoms with Crippen LogP contribution in [0.1, 0.15) is 46.3 Å². The zero-order valence-electron chi connectivity index (χ0n) is 14.0. The number of likely N-dealkylation sites (tertiary alicyclic amines) is 1. The third-order valence-electron chi connectivity index (χ3n) is 5.06. The molecule has 0 radical (unpaired) electrons. The molecule has 0 aliphatic carbocycles. The first-order valence-corrected chi connectivity index (χ1v) is 8.71. The van der Waals surface area contributed by atoms with E-state index in [9.17, 15) is 4.79 Å². The van der Waals surface area contributed by atoms with Gasteiger partial charge < -0.3 is 14.8 Å². The van der Waals surface area contributed by atoms with Crippen molar-refractivity contribution in [3.8, 4) is 0 Å². The van der Waals surface area contributed by atoms with Gasteiger partial charge >= 0.3 is 0 Å². The summed E-state index contributed by atoms with van der Waals surface area (Å²) in [5, 5.41) is 12.1. The van der Waals surface area contributed by atoms with Crippen LogP contribution in [-0.4, -0.2) is 45.2 Å². The fraction of sp³-hybridized carbons (Fsp3) is 0.500. The first kappa shape index (κ1) is 15.3. The van der Waals surface area contributed by atoms with Crippen LogP contribution in [0.3, 0.4) is 0 Å². The SMILES string of the molecule is Cc1cccc(C(=O)N2CCC(c3nnc4n3CCNC4)CC2)c1. The van der Waals surface area contributed by atoms with Crippen LogP contribution in [0.15, 0.2) is 24.3 Å². The van der Waals surface area contributed by atoms with E-state index in [-0.39, 0.29) is 5.91 Å². The van der Waals surface area contributed by atoms with Crippen LogP contribution in [0.25, 0.3) is 0 Å². The van der Waals surface area contributed by atoms with E-state index in [1.165, 1.54) is 0 Å². The van der Waals surface area contributed by atoms with Gasteiger partial charge in [0.15, 0.2) is 0 Å². The Morgan fingerprint density at radius 3 is 2.83 bits per heavy atom. The molecule has 2 aliphatic heterocycles. The maximum atomic E-state index is 12.7. The van der Waals surface area contributed by atoms with Gasteiger partial charge in [-0.15, -0.1) is 10.2 Å². The molecule has 1 fully saturated rings. The molecule has 3 heterocycles. The average Bonchev–Trinajstić information content (AvgIpc) is 3.05. The molecule has 1 amide bonds. The summed E-state index contributed by atoms with van der Waals surface area (Å²) in [6, 6.07) is 7.85. The van der Waals surface area contributed by atoms with Crippen LogP contribution in [0.5, 0.6) is 0 Å². The summed E-state index contributed by atoms with van der Waals surface area (Å²) in [6.45, 7) is 6.32. The number of carbonyl (C=O) groups excluding carboxylic acids is 1. The number of rotatable bonds is 2. The van der Waals surface area contributed by atoms with E-state index in [1.807, 2.05) is 36.1 Å². The minimum atomic E-state index is 0.143. The number of hydrogen-bond donors (Lipinski definition) is 1. The Morgan fingerprint density at radius 2 is 2.04 bits per heavy atom. The van der Waals surface area contributed by atoms with E-state index in [0.717, 1.165) is 68.3 Å². The highest BCUT2D eigenvalue weighted by molar-refractivity contribution is 5.94. The average molecular weight is 325 g/mol. The Hall–Kier alpha value is -2.21. The second-order valence-electron chi connectivity index (χ2n) is 6.74. The van der Waals surface area contributed by atoms with E-state index in [0.29, 0.717) is 5.92 Å². The Morgan fingerprint density at radius 1 is 1.21 bits per heavy atom. The van der Waals surface area contributed by atoms with Crippen LogP contribution in [0.4, 0.5) is 0 Å². The normalized spacial score (nSPS) is 18.5. The minimum absolute atomic E-state index is 0.143. The number of benzene rings is 1. The van der Waals surface area contributed by atoms with Crippen molar-refractivity contribution in [1.29, 1.82) is 0 Å². The molecule has 0 atom stereocenters. The van der Waals surface area contributed by atoms with Crippen LogP contribution < -0.4 is 5.32 Å². The second kappa shape index (κ2) is 6.36. The molecule has 6 heteroatoms. The Kier molecular flexibility index (Phi) is 4.06. The van der Waals surface area contributed by atoms with Crippen LogP contribution >= 0.6 is 0 Å².